The minimum Gasteiger partial charge on any atom is -0.478 e. The Hall–Kier alpha value is -1.32. The lowest BCUT2D eigenvalue weighted by Crippen LogP contribution is -2.12. The minimum absolute atomic E-state index is 0.102. The van der Waals surface area contributed by atoms with E-state index in [0.29, 0.717) is 12.8 Å². The summed E-state index contributed by atoms with van der Waals surface area (Å²) in [4.78, 5) is 22.6. The fraction of sp³-hybridized carbons (Fsp3) is 0.750. The zero-order valence-corrected chi connectivity index (χ0v) is 12.8. The standard InChI is InChI=1S/C16H28O4/c1-3-5-7-9-11-13(15(17)18)14(16(19)20)12-10-8-6-4-2/h3-12H2,1-2H3,(H,17,18)(H,19,20)/b14-13-. The van der Waals surface area contributed by atoms with Crippen LogP contribution in [0.15, 0.2) is 11.1 Å². The van der Waals surface area contributed by atoms with Crippen molar-refractivity contribution < 1.29 is 19.8 Å². The monoisotopic (exact) mass is 284 g/mol. The van der Waals surface area contributed by atoms with Gasteiger partial charge in [0.1, 0.15) is 0 Å². The van der Waals surface area contributed by atoms with Crippen LogP contribution in [0.4, 0.5) is 0 Å². The normalized spacial score (nSPS) is 12.1. The van der Waals surface area contributed by atoms with E-state index in [1.807, 2.05) is 0 Å². The smallest absolute Gasteiger partial charge is 0.332 e. The maximum absolute atomic E-state index is 11.3. The van der Waals surface area contributed by atoms with Crippen LogP contribution >= 0.6 is 0 Å². The third kappa shape index (κ3) is 7.97. The number of unbranched alkanes of at least 4 members (excludes halogenated alkanes) is 6. The molecule has 0 aliphatic carbocycles. The highest BCUT2D eigenvalue weighted by molar-refractivity contribution is 5.98. The second kappa shape index (κ2) is 11.5. The lowest BCUT2D eigenvalue weighted by Gasteiger charge is -2.09. The fourth-order valence-corrected chi connectivity index (χ4v) is 2.23. The Labute approximate surface area is 121 Å². The molecule has 0 aromatic carbocycles. The maximum Gasteiger partial charge on any atom is 0.332 e. The molecule has 116 valence electrons. The Balaban J connectivity index is 4.67. The van der Waals surface area contributed by atoms with Crippen LogP contribution in [0.5, 0.6) is 0 Å². The average molecular weight is 284 g/mol. The van der Waals surface area contributed by atoms with Gasteiger partial charge in [0, 0.05) is 11.1 Å². The van der Waals surface area contributed by atoms with Gasteiger partial charge in [0.15, 0.2) is 0 Å². The van der Waals surface area contributed by atoms with Crippen molar-refractivity contribution in [3.05, 3.63) is 11.1 Å². The summed E-state index contributed by atoms with van der Waals surface area (Å²) < 4.78 is 0. The summed E-state index contributed by atoms with van der Waals surface area (Å²) in [6.07, 6.45) is 8.42. The first-order valence-corrected chi connectivity index (χ1v) is 7.73. The summed E-state index contributed by atoms with van der Waals surface area (Å²) in [6, 6.07) is 0. The predicted octanol–water partition coefficient (Wildman–Crippen LogP) is 4.39. The van der Waals surface area contributed by atoms with Gasteiger partial charge in [0.2, 0.25) is 0 Å². The summed E-state index contributed by atoms with van der Waals surface area (Å²) in [5.74, 6) is -2.15. The van der Waals surface area contributed by atoms with E-state index in [1.54, 1.807) is 0 Å². The van der Waals surface area contributed by atoms with Gasteiger partial charge in [-0.15, -0.1) is 0 Å². The van der Waals surface area contributed by atoms with Gasteiger partial charge in [-0.25, -0.2) is 9.59 Å². The van der Waals surface area contributed by atoms with Gasteiger partial charge < -0.3 is 10.2 Å². The number of hydrogen-bond donors (Lipinski definition) is 2. The lowest BCUT2D eigenvalue weighted by molar-refractivity contribution is -0.136. The molecule has 20 heavy (non-hydrogen) atoms. The first-order chi connectivity index (χ1) is 9.54. The summed E-state index contributed by atoms with van der Waals surface area (Å²) in [5.41, 5.74) is 0.204. The van der Waals surface area contributed by atoms with Gasteiger partial charge in [-0.3, -0.25) is 0 Å². The maximum atomic E-state index is 11.3. The van der Waals surface area contributed by atoms with E-state index in [0.717, 1.165) is 51.4 Å². The minimum atomic E-state index is -1.07. The largest absolute Gasteiger partial charge is 0.478 e. The number of rotatable bonds is 12. The molecule has 0 heterocycles. The lowest BCUT2D eigenvalue weighted by atomic mass is 9.97. The third-order valence-electron chi connectivity index (χ3n) is 3.44. The topological polar surface area (TPSA) is 74.6 Å². The van der Waals surface area contributed by atoms with Gasteiger partial charge >= 0.3 is 11.9 Å². The molecule has 2 N–H and O–H groups in total. The Morgan fingerprint density at radius 3 is 1.25 bits per heavy atom. The molecule has 0 rings (SSSR count). The molecule has 0 fully saturated rings. The molecule has 0 bridgehead atoms. The van der Waals surface area contributed by atoms with Crippen molar-refractivity contribution in [2.24, 2.45) is 0 Å². The zero-order chi connectivity index (χ0) is 15.4. The molecule has 0 aromatic heterocycles. The SMILES string of the molecule is CCCCCC/C(C(=O)O)=C(\CCCCCC)C(=O)O. The number of carbonyl (C=O) groups is 2. The number of hydrogen-bond acceptors (Lipinski definition) is 2. The van der Waals surface area contributed by atoms with E-state index in [4.69, 9.17) is 0 Å². The predicted molar refractivity (Wildman–Crippen MR) is 79.8 cm³/mol. The van der Waals surface area contributed by atoms with Crippen molar-refractivity contribution in [3.63, 3.8) is 0 Å². The van der Waals surface area contributed by atoms with Crippen LogP contribution in [0, 0.1) is 0 Å². The van der Waals surface area contributed by atoms with Crippen molar-refractivity contribution in [3.8, 4) is 0 Å². The molecule has 0 aliphatic heterocycles. The van der Waals surface area contributed by atoms with Crippen molar-refractivity contribution in [2.45, 2.75) is 78.1 Å². The highest BCUT2D eigenvalue weighted by Crippen LogP contribution is 2.20. The Morgan fingerprint density at radius 2 is 1.00 bits per heavy atom. The first-order valence-electron chi connectivity index (χ1n) is 7.73. The molecule has 4 heteroatoms. The molecule has 0 aromatic rings. The van der Waals surface area contributed by atoms with E-state index in [2.05, 4.69) is 13.8 Å². The number of aliphatic carboxylic acids is 2. The van der Waals surface area contributed by atoms with E-state index in [1.165, 1.54) is 0 Å². The van der Waals surface area contributed by atoms with Crippen LogP contribution in [-0.2, 0) is 9.59 Å². The van der Waals surface area contributed by atoms with E-state index < -0.39 is 11.9 Å². The van der Waals surface area contributed by atoms with Gasteiger partial charge in [-0.1, -0.05) is 52.4 Å². The molecule has 0 amide bonds. The van der Waals surface area contributed by atoms with Crippen molar-refractivity contribution in [1.82, 2.24) is 0 Å². The van der Waals surface area contributed by atoms with E-state index >= 15 is 0 Å². The third-order valence-corrected chi connectivity index (χ3v) is 3.44. The second-order valence-electron chi connectivity index (χ2n) is 5.19. The molecule has 0 atom stereocenters. The molecule has 0 radical (unpaired) electrons. The van der Waals surface area contributed by atoms with Crippen LogP contribution in [-0.4, -0.2) is 22.2 Å². The quantitative estimate of drug-likeness (QED) is 0.411. The van der Waals surface area contributed by atoms with Gasteiger partial charge in [-0.2, -0.15) is 0 Å². The van der Waals surface area contributed by atoms with Crippen LogP contribution in [0.25, 0.3) is 0 Å². The second-order valence-corrected chi connectivity index (χ2v) is 5.19. The fourth-order valence-electron chi connectivity index (χ4n) is 2.23. The van der Waals surface area contributed by atoms with Crippen molar-refractivity contribution >= 4 is 11.9 Å². The number of carboxylic acid groups (broad SMARTS) is 2. The highest BCUT2D eigenvalue weighted by Gasteiger charge is 2.19. The van der Waals surface area contributed by atoms with Crippen LogP contribution in [0.2, 0.25) is 0 Å². The molecule has 0 aliphatic rings. The summed E-state index contributed by atoms with van der Waals surface area (Å²) in [5, 5.41) is 18.5. The van der Waals surface area contributed by atoms with Crippen LogP contribution in [0.1, 0.15) is 78.1 Å². The Kier molecular flexibility index (Phi) is 10.7. The van der Waals surface area contributed by atoms with Crippen LogP contribution in [0.3, 0.4) is 0 Å². The average Bonchev–Trinajstić information content (AvgIpc) is 2.39. The van der Waals surface area contributed by atoms with Gasteiger partial charge in [0.05, 0.1) is 0 Å². The highest BCUT2D eigenvalue weighted by atomic mass is 16.4. The first kappa shape index (κ1) is 18.7. The van der Waals surface area contributed by atoms with E-state index in [-0.39, 0.29) is 11.1 Å². The molecular formula is C16H28O4. The summed E-state index contributed by atoms with van der Waals surface area (Å²) >= 11 is 0. The summed E-state index contributed by atoms with van der Waals surface area (Å²) in [6.45, 7) is 4.18. The summed E-state index contributed by atoms with van der Waals surface area (Å²) in [7, 11) is 0. The molecule has 0 spiro atoms. The molecule has 0 saturated carbocycles. The van der Waals surface area contributed by atoms with Crippen molar-refractivity contribution in [2.75, 3.05) is 0 Å². The molecule has 0 saturated heterocycles. The Bertz CT molecular complexity index is 299. The molecule has 4 nitrogen and oxygen atoms in total. The Morgan fingerprint density at radius 1 is 0.650 bits per heavy atom. The molecule has 0 unspecified atom stereocenters. The van der Waals surface area contributed by atoms with Gasteiger partial charge in [0.25, 0.3) is 0 Å². The molecular weight excluding hydrogens is 256 g/mol. The number of carboxylic acids is 2. The van der Waals surface area contributed by atoms with Gasteiger partial charge in [-0.05, 0) is 25.7 Å². The van der Waals surface area contributed by atoms with Crippen molar-refractivity contribution in [1.29, 1.82) is 0 Å². The zero-order valence-electron chi connectivity index (χ0n) is 12.8. The van der Waals surface area contributed by atoms with E-state index in [9.17, 15) is 19.8 Å². The van der Waals surface area contributed by atoms with Crippen LogP contribution < -0.4 is 0 Å².